The minimum Gasteiger partial charge on any atom is -0.360 e. The molecular formula is C16H17N5O3S. The third-order valence-electron chi connectivity index (χ3n) is 5.23. The van der Waals surface area contributed by atoms with Gasteiger partial charge in [-0.3, -0.25) is 9.59 Å². The van der Waals surface area contributed by atoms with Crippen LogP contribution in [0.15, 0.2) is 18.3 Å². The Morgan fingerprint density at radius 3 is 3.20 bits per heavy atom. The largest absolute Gasteiger partial charge is 0.360 e. The first-order valence-electron chi connectivity index (χ1n) is 8.18. The summed E-state index contributed by atoms with van der Waals surface area (Å²) in [6.45, 7) is 2.75. The van der Waals surface area contributed by atoms with Crippen molar-refractivity contribution in [2.75, 3.05) is 13.6 Å². The molecule has 2 aromatic rings. The Bertz CT molecular complexity index is 902. The highest BCUT2D eigenvalue weighted by molar-refractivity contribution is 7.16. The number of imidazole rings is 1. The van der Waals surface area contributed by atoms with Crippen molar-refractivity contribution >= 4 is 28.1 Å². The molecule has 2 bridgehead atoms. The molecule has 130 valence electrons. The van der Waals surface area contributed by atoms with E-state index in [0.29, 0.717) is 13.1 Å². The predicted octanol–water partition coefficient (Wildman–Crippen LogP) is 0.127. The zero-order valence-corrected chi connectivity index (χ0v) is 14.6. The van der Waals surface area contributed by atoms with E-state index in [9.17, 15) is 9.59 Å². The number of nitrogens with one attached hydrogen (secondary N) is 1. The summed E-state index contributed by atoms with van der Waals surface area (Å²) in [7, 11) is 1.75. The van der Waals surface area contributed by atoms with Crippen LogP contribution in [0.5, 0.6) is 0 Å². The number of aromatic nitrogens is 3. The third kappa shape index (κ3) is 2.02. The molecule has 3 aliphatic rings. The molecule has 2 fully saturated rings. The van der Waals surface area contributed by atoms with E-state index < -0.39 is 17.4 Å². The number of aryl methyl sites for hydroxylation is 1. The van der Waals surface area contributed by atoms with E-state index >= 15 is 0 Å². The van der Waals surface area contributed by atoms with Gasteiger partial charge in [-0.05, 0) is 6.92 Å². The molecule has 0 radical (unpaired) electrons. The van der Waals surface area contributed by atoms with Crippen LogP contribution in [0.3, 0.4) is 0 Å². The summed E-state index contributed by atoms with van der Waals surface area (Å²) >= 11 is 1.50. The van der Waals surface area contributed by atoms with Gasteiger partial charge in [-0.1, -0.05) is 23.5 Å². The highest BCUT2D eigenvalue weighted by atomic mass is 32.1. The van der Waals surface area contributed by atoms with Gasteiger partial charge >= 0.3 is 0 Å². The molecule has 2 saturated heterocycles. The van der Waals surface area contributed by atoms with Gasteiger partial charge in [0.2, 0.25) is 16.8 Å². The molecule has 2 aromatic heterocycles. The fourth-order valence-electron chi connectivity index (χ4n) is 4.22. The number of carbonyl (C=O) groups is 2. The molecule has 5 rings (SSSR count). The maximum absolute atomic E-state index is 12.8. The van der Waals surface area contributed by atoms with E-state index in [1.54, 1.807) is 16.5 Å². The number of nitrogens with zero attached hydrogens (tertiary/aromatic N) is 4. The summed E-state index contributed by atoms with van der Waals surface area (Å²) < 4.78 is 7.71. The number of fused-ring (bicyclic) bond motifs is 2. The number of likely N-dealkylation sites (tertiary alicyclic amines) is 1. The molecule has 3 aliphatic heterocycles. The van der Waals surface area contributed by atoms with Crippen LogP contribution < -0.4 is 5.32 Å². The van der Waals surface area contributed by atoms with Gasteiger partial charge < -0.3 is 15.0 Å². The van der Waals surface area contributed by atoms with Crippen LogP contribution in [0.25, 0.3) is 4.96 Å². The van der Waals surface area contributed by atoms with Gasteiger partial charge in [-0.15, -0.1) is 0 Å². The van der Waals surface area contributed by atoms with Crippen molar-refractivity contribution in [1.29, 1.82) is 0 Å². The topological polar surface area (TPSA) is 88.8 Å². The van der Waals surface area contributed by atoms with Crippen molar-refractivity contribution in [2.45, 2.75) is 25.2 Å². The first kappa shape index (κ1) is 15.0. The molecule has 2 amide bonds. The van der Waals surface area contributed by atoms with Crippen LogP contribution in [0.4, 0.5) is 0 Å². The molecule has 5 heterocycles. The Morgan fingerprint density at radius 1 is 1.56 bits per heavy atom. The van der Waals surface area contributed by atoms with Gasteiger partial charge in [0, 0.05) is 7.05 Å². The lowest BCUT2D eigenvalue weighted by molar-refractivity contribution is -0.136. The summed E-state index contributed by atoms with van der Waals surface area (Å²) in [6, 6.07) is 0. The number of rotatable bonds is 3. The molecule has 25 heavy (non-hydrogen) atoms. The minimum absolute atomic E-state index is 0.0193. The molecule has 1 spiro atoms. The van der Waals surface area contributed by atoms with E-state index in [1.807, 2.05) is 25.3 Å². The van der Waals surface area contributed by atoms with Gasteiger partial charge in [-0.2, -0.15) is 5.10 Å². The van der Waals surface area contributed by atoms with Crippen LogP contribution in [0.2, 0.25) is 0 Å². The van der Waals surface area contributed by atoms with Gasteiger partial charge in [0.1, 0.15) is 10.6 Å². The molecule has 4 atom stereocenters. The average Bonchev–Trinajstić information content (AvgIpc) is 3.31. The minimum atomic E-state index is -0.628. The van der Waals surface area contributed by atoms with E-state index in [1.165, 1.54) is 11.3 Å². The lowest BCUT2D eigenvalue weighted by Gasteiger charge is -2.23. The van der Waals surface area contributed by atoms with Crippen LogP contribution in [0, 0.1) is 18.8 Å². The predicted molar refractivity (Wildman–Crippen MR) is 88.8 cm³/mol. The molecule has 0 aliphatic carbocycles. The lowest BCUT2D eigenvalue weighted by Crippen LogP contribution is -2.43. The van der Waals surface area contributed by atoms with Gasteiger partial charge in [-0.25, -0.2) is 9.50 Å². The Hall–Kier alpha value is -2.26. The van der Waals surface area contributed by atoms with Crippen molar-refractivity contribution in [2.24, 2.45) is 11.8 Å². The van der Waals surface area contributed by atoms with Crippen molar-refractivity contribution in [3.05, 3.63) is 29.1 Å². The summed E-state index contributed by atoms with van der Waals surface area (Å²) in [5, 5.41) is 8.17. The molecule has 0 aromatic carbocycles. The monoisotopic (exact) mass is 359 g/mol. The zero-order valence-electron chi connectivity index (χ0n) is 13.8. The summed E-state index contributed by atoms with van der Waals surface area (Å²) in [5.41, 5.74) is 0.119. The zero-order chi connectivity index (χ0) is 17.3. The average molecular weight is 359 g/mol. The first-order chi connectivity index (χ1) is 12.0. The maximum atomic E-state index is 12.8. The SMILES string of the molecule is Cc1nn2cc(CNC(=O)[C@H]3[C@@H]4C=C[C@@]5(CN(C)C(=O)[C@@H]35)O4)nc2s1. The quantitative estimate of drug-likeness (QED) is 0.787. The first-order valence-corrected chi connectivity index (χ1v) is 9.00. The fourth-order valence-corrected chi connectivity index (χ4v) is 4.96. The Morgan fingerprint density at radius 2 is 2.40 bits per heavy atom. The second-order valence-electron chi connectivity index (χ2n) is 6.89. The van der Waals surface area contributed by atoms with E-state index in [-0.39, 0.29) is 17.9 Å². The highest BCUT2D eigenvalue weighted by Crippen LogP contribution is 2.51. The number of carbonyl (C=O) groups excluding carboxylic acids is 2. The second-order valence-corrected chi connectivity index (χ2v) is 8.05. The van der Waals surface area contributed by atoms with Crippen LogP contribution in [0.1, 0.15) is 10.7 Å². The number of amides is 2. The third-order valence-corrected chi connectivity index (χ3v) is 6.07. The van der Waals surface area contributed by atoms with Crippen molar-refractivity contribution in [3.63, 3.8) is 0 Å². The van der Waals surface area contributed by atoms with Crippen LogP contribution in [-0.2, 0) is 20.9 Å². The number of hydrogen-bond acceptors (Lipinski definition) is 6. The number of ether oxygens (including phenoxy) is 1. The smallest absolute Gasteiger partial charge is 0.229 e. The van der Waals surface area contributed by atoms with E-state index in [0.717, 1.165) is 15.7 Å². The van der Waals surface area contributed by atoms with Gasteiger partial charge in [0.15, 0.2) is 0 Å². The second kappa shape index (κ2) is 4.89. The van der Waals surface area contributed by atoms with Crippen LogP contribution in [-0.4, -0.2) is 56.6 Å². The lowest BCUT2D eigenvalue weighted by atomic mass is 9.77. The van der Waals surface area contributed by atoms with E-state index in [2.05, 4.69) is 15.4 Å². The maximum Gasteiger partial charge on any atom is 0.229 e. The summed E-state index contributed by atoms with van der Waals surface area (Å²) in [6.07, 6.45) is 5.35. The number of likely N-dealkylation sites (N-methyl/N-ethyl adjacent to an activating group) is 1. The molecule has 1 N–H and O–H groups in total. The molecule has 0 saturated carbocycles. The van der Waals surface area contributed by atoms with Crippen molar-refractivity contribution in [3.8, 4) is 0 Å². The number of hydrogen-bond donors (Lipinski definition) is 1. The molecular weight excluding hydrogens is 342 g/mol. The standard InChI is InChI=1S/C16H17N5O3S/c1-8-19-21-6-9(18-15(21)25-8)5-17-13(22)11-10-3-4-16(24-10)7-20(2)14(23)12(11)16/h3-4,6,10-12H,5,7H2,1-2H3,(H,17,22)/t10-,11-,12+,16-/m0/s1. The molecule has 8 nitrogen and oxygen atoms in total. The highest BCUT2D eigenvalue weighted by Gasteiger charge is 2.66. The van der Waals surface area contributed by atoms with Crippen molar-refractivity contribution in [1.82, 2.24) is 24.8 Å². The molecule has 9 heteroatoms. The normalized spacial score (nSPS) is 32.8. The summed E-state index contributed by atoms with van der Waals surface area (Å²) in [4.78, 5) is 32.2. The Labute approximate surface area is 147 Å². The van der Waals surface area contributed by atoms with Gasteiger partial charge in [0.05, 0.1) is 42.9 Å². The van der Waals surface area contributed by atoms with Crippen LogP contribution >= 0.6 is 11.3 Å². The Balaban J connectivity index is 1.33. The molecule has 0 unspecified atom stereocenters. The van der Waals surface area contributed by atoms with Crippen molar-refractivity contribution < 1.29 is 14.3 Å². The fraction of sp³-hybridized carbons (Fsp3) is 0.500. The Kier molecular flexibility index (Phi) is 2.94. The van der Waals surface area contributed by atoms with E-state index in [4.69, 9.17) is 4.74 Å². The summed E-state index contributed by atoms with van der Waals surface area (Å²) in [5.74, 6) is -1.09. The van der Waals surface area contributed by atoms with Gasteiger partial charge in [0.25, 0.3) is 0 Å².